The van der Waals surface area contributed by atoms with E-state index >= 15 is 0 Å². The topological polar surface area (TPSA) is 60.0 Å². The van der Waals surface area contributed by atoms with Gasteiger partial charge in [0, 0.05) is 18.1 Å². The number of rotatable bonds is 3. The SMILES string of the molecule is c1ccc(Nc2nc3ccc(-n4cccn4)cn3n2)cc1. The molecule has 3 heterocycles. The molecule has 102 valence electrons. The molecular formula is C15H12N6. The molecule has 0 saturated heterocycles. The predicted molar refractivity (Wildman–Crippen MR) is 79.8 cm³/mol. The van der Waals surface area contributed by atoms with Gasteiger partial charge >= 0.3 is 0 Å². The number of hydrogen-bond acceptors (Lipinski definition) is 4. The Morgan fingerprint density at radius 3 is 2.67 bits per heavy atom. The van der Waals surface area contributed by atoms with E-state index in [0.29, 0.717) is 5.95 Å². The van der Waals surface area contributed by atoms with Crippen LogP contribution in [0.5, 0.6) is 0 Å². The van der Waals surface area contributed by atoms with E-state index in [-0.39, 0.29) is 0 Å². The Morgan fingerprint density at radius 2 is 1.86 bits per heavy atom. The summed E-state index contributed by atoms with van der Waals surface area (Å²) in [4.78, 5) is 4.44. The molecule has 0 saturated carbocycles. The molecule has 0 aliphatic carbocycles. The normalized spacial score (nSPS) is 10.9. The van der Waals surface area contributed by atoms with Gasteiger partial charge in [0.15, 0.2) is 5.65 Å². The van der Waals surface area contributed by atoms with Crippen molar-refractivity contribution in [2.75, 3.05) is 5.32 Å². The molecule has 0 aliphatic rings. The molecule has 4 aromatic rings. The summed E-state index contributed by atoms with van der Waals surface area (Å²) in [7, 11) is 0. The highest BCUT2D eigenvalue weighted by Crippen LogP contribution is 2.14. The monoisotopic (exact) mass is 276 g/mol. The smallest absolute Gasteiger partial charge is 0.247 e. The van der Waals surface area contributed by atoms with Crippen molar-refractivity contribution in [1.29, 1.82) is 0 Å². The third kappa shape index (κ3) is 2.23. The number of hydrogen-bond donors (Lipinski definition) is 1. The first-order valence-electron chi connectivity index (χ1n) is 6.57. The summed E-state index contributed by atoms with van der Waals surface area (Å²) in [6, 6.07) is 15.6. The minimum absolute atomic E-state index is 0.568. The second-order valence-corrected chi connectivity index (χ2v) is 4.57. The molecule has 0 atom stereocenters. The van der Waals surface area contributed by atoms with Crippen molar-refractivity contribution >= 4 is 17.3 Å². The van der Waals surface area contributed by atoms with Gasteiger partial charge in [-0.1, -0.05) is 18.2 Å². The van der Waals surface area contributed by atoms with Crippen LogP contribution in [0.1, 0.15) is 0 Å². The maximum absolute atomic E-state index is 4.44. The van der Waals surface area contributed by atoms with Gasteiger partial charge in [-0.2, -0.15) is 10.1 Å². The molecule has 21 heavy (non-hydrogen) atoms. The first-order valence-corrected chi connectivity index (χ1v) is 6.57. The van der Waals surface area contributed by atoms with Gasteiger partial charge in [0.2, 0.25) is 5.95 Å². The van der Waals surface area contributed by atoms with Crippen LogP contribution in [0, 0.1) is 0 Å². The average molecular weight is 276 g/mol. The standard InChI is InChI=1S/C15H12N6/c1-2-5-12(6-3-1)17-15-18-14-8-7-13(11-21(14)19-15)20-10-4-9-16-20/h1-11H,(H,17,19). The van der Waals surface area contributed by atoms with E-state index in [0.717, 1.165) is 17.0 Å². The van der Waals surface area contributed by atoms with Crippen LogP contribution in [-0.4, -0.2) is 24.4 Å². The van der Waals surface area contributed by atoms with Crippen molar-refractivity contribution in [2.45, 2.75) is 0 Å². The summed E-state index contributed by atoms with van der Waals surface area (Å²) in [6.45, 7) is 0. The van der Waals surface area contributed by atoms with E-state index in [9.17, 15) is 0 Å². The van der Waals surface area contributed by atoms with Gasteiger partial charge < -0.3 is 5.32 Å². The van der Waals surface area contributed by atoms with E-state index in [2.05, 4.69) is 20.5 Å². The van der Waals surface area contributed by atoms with Gasteiger partial charge in [-0.05, 0) is 30.3 Å². The van der Waals surface area contributed by atoms with E-state index in [1.165, 1.54) is 0 Å². The zero-order valence-corrected chi connectivity index (χ0v) is 11.1. The number of anilines is 2. The van der Waals surface area contributed by atoms with Gasteiger partial charge in [0.05, 0.1) is 11.9 Å². The number of fused-ring (bicyclic) bond motifs is 1. The third-order valence-corrected chi connectivity index (χ3v) is 3.11. The van der Waals surface area contributed by atoms with Crippen molar-refractivity contribution in [3.05, 3.63) is 67.1 Å². The van der Waals surface area contributed by atoms with Crippen LogP contribution in [0.25, 0.3) is 11.3 Å². The summed E-state index contributed by atoms with van der Waals surface area (Å²) in [6.07, 6.45) is 5.53. The first-order chi connectivity index (χ1) is 10.4. The number of pyridine rings is 1. The third-order valence-electron chi connectivity index (χ3n) is 3.11. The van der Waals surface area contributed by atoms with Gasteiger partial charge in [-0.3, -0.25) is 0 Å². The summed E-state index contributed by atoms with van der Waals surface area (Å²) in [5.74, 6) is 0.568. The summed E-state index contributed by atoms with van der Waals surface area (Å²) in [5.41, 5.74) is 2.67. The van der Waals surface area contributed by atoms with Gasteiger partial charge in [0.1, 0.15) is 0 Å². The predicted octanol–water partition coefficient (Wildman–Crippen LogP) is 2.66. The van der Waals surface area contributed by atoms with Crippen LogP contribution in [0.4, 0.5) is 11.6 Å². The van der Waals surface area contributed by atoms with E-state index < -0.39 is 0 Å². The van der Waals surface area contributed by atoms with Crippen LogP contribution < -0.4 is 5.32 Å². The molecular weight excluding hydrogens is 264 g/mol. The van der Waals surface area contributed by atoms with E-state index in [1.54, 1.807) is 15.4 Å². The highest BCUT2D eigenvalue weighted by atomic mass is 15.4. The lowest BCUT2D eigenvalue weighted by molar-refractivity contribution is 0.854. The second-order valence-electron chi connectivity index (χ2n) is 4.57. The van der Waals surface area contributed by atoms with Crippen LogP contribution in [0.3, 0.4) is 0 Å². The zero-order chi connectivity index (χ0) is 14.1. The van der Waals surface area contributed by atoms with Crippen molar-refractivity contribution in [3.8, 4) is 5.69 Å². The molecule has 0 aliphatic heterocycles. The molecule has 4 rings (SSSR count). The lowest BCUT2D eigenvalue weighted by Gasteiger charge is -2.00. The minimum atomic E-state index is 0.568. The Balaban J connectivity index is 1.70. The van der Waals surface area contributed by atoms with Crippen LogP contribution in [-0.2, 0) is 0 Å². The minimum Gasteiger partial charge on any atom is -0.323 e. The molecule has 1 N–H and O–H groups in total. The van der Waals surface area contributed by atoms with Crippen molar-refractivity contribution in [1.82, 2.24) is 24.4 Å². The van der Waals surface area contributed by atoms with E-state index in [1.807, 2.05) is 60.9 Å². The molecule has 0 bridgehead atoms. The zero-order valence-electron chi connectivity index (χ0n) is 11.1. The van der Waals surface area contributed by atoms with Crippen LogP contribution in [0.2, 0.25) is 0 Å². The van der Waals surface area contributed by atoms with Crippen molar-refractivity contribution < 1.29 is 0 Å². The quantitative estimate of drug-likeness (QED) is 0.625. The lowest BCUT2D eigenvalue weighted by atomic mass is 10.3. The van der Waals surface area contributed by atoms with Crippen LogP contribution >= 0.6 is 0 Å². The molecule has 0 spiro atoms. The second kappa shape index (κ2) is 4.75. The molecule has 0 unspecified atom stereocenters. The fourth-order valence-electron chi connectivity index (χ4n) is 2.13. The fourth-order valence-corrected chi connectivity index (χ4v) is 2.13. The summed E-state index contributed by atoms with van der Waals surface area (Å²) >= 11 is 0. The highest BCUT2D eigenvalue weighted by molar-refractivity contribution is 5.56. The molecule has 3 aromatic heterocycles. The first kappa shape index (κ1) is 11.7. The lowest BCUT2D eigenvalue weighted by Crippen LogP contribution is -1.97. The number of benzene rings is 1. The fraction of sp³-hybridized carbons (Fsp3) is 0. The molecule has 1 aromatic carbocycles. The van der Waals surface area contributed by atoms with Crippen molar-refractivity contribution in [3.63, 3.8) is 0 Å². The summed E-state index contributed by atoms with van der Waals surface area (Å²) < 4.78 is 3.52. The maximum Gasteiger partial charge on any atom is 0.247 e. The maximum atomic E-state index is 4.44. The van der Waals surface area contributed by atoms with Crippen molar-refractivity contribution in [2.24, 2.45) is 0 Å². The van der Waals surface area contributed by atoms with Gasteiger partial charge in [-0.15, -0.1) is 5.10 Å². The largest absolute Gasteiger partial charge is 0.323 e. The molecule has 0 fully saturated rings. The molecule has 0 amide bonds. The molecule has 6 nitrogen and oxygen atoms in total. The Bertz CT molecular complexity index is 864. The molecule has 6 heteroatoms. The number of aromatic nitrogens is 5. The van der Waals surface area contributed by atoms with Gasteiger partial charge in [0.25, 0.3) is 0 Å². The Morgan fingerprint density at radius 1 is 0.952 bits per heavy atom. The van der Waals surface area contributed by atoms with E-state index in [4.69, 9.17) is 0 Å². The van der Waals surface area contributed by atoms with Crippen LogP contribution in [0.15, 0.2) is 67.1 Å². The number of nitrogens with one attached hydrogen (secondary N) is 1. The Hall–Kier alpha value is -3.15. The summed E-state index contributed by atoms with van der Waals surface area (Å²) in [5, 5.41) is 11.8. The number of para-hydroxylation sites is 1. The average Bonchev–Trinajstić information content (AvgIpc) is 3.16. The Kier molecular flexibility index (Phi) is 2.64. The highest BCUT2D eigenvalue weighted by Gasteiger charge is 2.05. The number of nitrogens with zero attached hydrogens (tertiary/aromatic N) is 5. The van der Waals surface area contributed by atoms with Gasteiger partial charge in [-0.25, -0.2) is 9.20 Å². The molecule has 0 radical (unpaired) electrons. The Labute approximate surface area is 120 Å².